The van der Waals surface area contributed by atoms with Crippen LogP contribution in [0.15, 0.2) is 18.0 Å². The molecule has 0 saturated carbocycles. The Labute approximate surface area is 100 Å². The second kappa shape index (κ2) is 5.63. The molecule has 92 valence electrons. The van der Waals surface area contributed by atoms with Crippen LogP contribution >= 0.6 is 0 Å². The van der Waals surface area contributed by atoms with Crippen molar-refractivity contribution >= 4 is 12.0 Å². The lowest BCUT2D eigenvalue weighted by atomic mass is 10.0. The lowest BCUT2D eigenvalue weighted by molar-refractivity contribution is -0.141. The molecule has 0 spiro atoms. The van der Waals surface area contributed by atoms with Gasteiger partial charge in [-0.3, -0.25) is 9.48 Å². The number of nitrogens with one attached hydrogen (secondary N) is 1. The SMILES string of the molecule is COC(=O)Cn1cc(C=C2CCCNC2)cn1. The first kappa shape index (κ1) is 11.9. The van der Waals surface area contributed by atoms with E-state index in [9.17, 15) is 4.79 Å². The Kier molecular flexibility index (Phi) is 3.93. The minimum atomic E-state index is -0.286. The first-order valence-electron chi connectivity index (χ1n) is 5.77. The first-order valence-corrected chi connectivity index (χ1v) is 5.77. The van der Waals surface area contributed by atoms with Gasteiger partial charge in [0.1, 0.15) is 6.54 Å². The molecule has 5 nitrogen and oxygen atoms in total. The highest BCUT2D eigenvalue weighted by Crippen LogP contribution is 2.13. The number of ether oxygens (including phenoxy) is 1. The largest absolute Gasteiger partial charge is 0.468 e. The van der Waals surface area contributed by atoms with Crippen molar-refractivity contribution in [3.63, 3.8) is 0 Å². The molecule has 1 saturated heterocycles. The summed E-state index contributed by atoms with van der Waals surface area (Å²) in [5.41, 5.74) is 2.42. The van der Waals surface area contributed by atoms with E-state index >= 15 is 0 Å². The monoisotopic (exact) mass is 235 g/mol. The molecular weight excluding hydrogens is 218 g/mol. The van der Waals surface area contributed by atoms with E-state index in [4.69, 9.17) is 0 Å². The highest BCUT2D eigenvalue weighted by Gasteiger charge is 2.06. The molecule has 1 aromatic rings. The van der Waals surface area contributed by atoms with Gasteiger partial charge in [0, 0.05) is 18.3 Å². The molecule has 0 bridgehead atoms. The summed E-state index contributed by atoms with van der Waals surface area (Å²) >= 11 is 0. The van der Waals surface area contributed by atoms with Crippen molar-refractivity contribution < 1.29 is 9.53 Å². The molecule has 1 N–H and O–H groups in total. The topological polar surface area (TPSA) is 56.1 Å². The highest BCUT2D eigenvalue weighted by molar-refractivity contribution is 5.68. The number of hydrogen-bond donors (Lipinski definition) is 1. The van der Waals surface area contributed by atoms with Crippen molar-refractivity contribution in [2.45, 2.75) is 19.4 Å². The van der Waals surface area contributed by atoms with Crippen LogP contribution in [0.2, 0.25) is 0 Å². The van der Waals surface area contributed by atoms with Crippen LogP contribution in [0.5, 0.6) is 0 Å². The summed E-state index contributed by atoms with van der Waals surface area (Å²) in [6.07, 6.45) is 8.08. The molecule has 0 atom stereocenters. The van der Waals surface area contributed by atoms with Crippen molar-refractivity contribution in [2.75, 3.05) is 20.2 Å². The number of carbonyl (C=O) groups is 1. The van der Waals surface area contributed by atoms with Gasteiger partial charge in [0.15, 0.2) is 0 Å². The van der Waals surface area contributed by atoms with Crippen LogP contribution in [0.25, 0.3) is 6.08 Å². The minimum absolute atomic E-state index is 0.165. The van der Waals surface area contributed by atoms with Gasteiger partial charge in [-0.05, 0) is 19.4 Å². The molecule has 2 heterocycles. The van der Waals surface area contributed by atoms with E-state index in [1.54, 1.807) is 10.9 Å². The van der Waals surface area contributed by atoms with Gasteiger partial charge in [-0.1, -0.05) is 11.6 Å². The van der Waals surface area contributed by atoms with E-state index in [1.165, 1.54) is 19.1 Å². The van der Waals surface area contributed by atoms with Gasteiger partial charge in [0.2, 0.25) is 0 Å². The lowest BCUT2D eigenvalue weighted by Gasteiger charge is -2.14. The van der Waals surface area contributed by atoms with Crippen LogP contribution in [0.3, 0.4) is 0 Å². The summed E-state index contributed by atoms with van der Waals surface area (Å²) in [4.78, 5) is 11.1. The smallest absolute Gasteiger partial charge is 0.327 e. The number of aromatic nitrogens is 2. The number of methoxy groups -OCH3 is 1. The number of piperidine rings is 1. The van der Waals surface area contributed by atoms with Crippen LogP contribution < -0.4 is 5.32 Å². The molecule has 1 aliphatic rings. The molecule has 0 amide bonds. The normalized spacial score (nSPS) is 18.3. The maximum absolute atomic E-state index is 11.1. The highest BCUT2D eigenvalue weighted by atomic mass is 16.5. The summed E-state index contributed by atoms with van der Waals surface area (Å²) in [7, 11) is 1.38. The number of nitrogens with zero attached hydrogens (tertiary/aromatic N) is 2. The van der Waals surface area contributed by atoms with Gasteiger partial charge in [-0.2, -0.15) is 5.10 Å². The fourth-order valence-electron chi connectivity index (χ4n) is 1.87. The van der Waals surface area contributed by atoms with Gasteiger partial charge in [0.25, 0.3) is 0 Å². The van der Waals surface area contributed by atoms with E-state index < -0.39 is 0 Å². The van der Waals surface area contributed by atoms with E-state index in [1.807, 2.05) is 6.20 Å². The number of hydrogen-bond acceptors (Lipinski definition) is 4. The van der Waals surface area contributed by atoms with Gasteiger partial charge in [-0.25, -0.2) is 0 Å². The standard InChI is InChI=1S/C12H17N3O2/c1-17-12(16)9-15-8-11(7-14-15)5-10-3-2-4-13-6-10/h5,7-8,13H,2-4,6,9H2,1H3. The summed E-state index contributed by atoms with van der Waals surface area (Å²) in [5.74, 6) is -0.286. The zero-order valence-electron chi connectivity index (χ0n) is 9.98. The lowest BCUT2D eigenvalue weighted by Crippen LogP contribution is -2.23. The first-order chi connectivity index (χ1) is 8.28. The summed E-state index contributed by atoms with van der Waals surface area (Å²) in [6.45, 7) is 2.21. The zero-order chi connectivity index (χ0) is 12.1. The van der Waals surface area contributed by atoms with Crippen molar-refractivity contribution in [1.82, 2.24) is 15.1 Å². The van der Waals surface area contributed by atoms with E-state index in [0.717, 1.165) is 25.1 Å². The van der Waals surface area contributed by atoms with Gasteiger partial charge >= 0.3 is 5.97 Å². The third-order valence-electron chi connectivity index (χ3n) is 2.75. The Morgan fingerprint density at radius 3 is 3.29 bits per heavy atom. The van der Waals surface area contributed by atoms with Crippen LogP contribution in [0.1, 0.15) is 18.4 Å². The molecule has 17 heavy (non-hydrogen) atoms. The minimum Gasteiger partial charge on any atom is -0.468 e. The molecule has 5 heteroatoms. The molecule has 1 aliphatic heterocycles. The van der Waals surface area contributed by atoms with Crippen molar-refractivity contribution in [3.8, 4) is 0 Å². The number of carbonyl (C=O) groups excluding carboxylic acids is 1. The van der Waals surface area contributed by atoms with E-state index in [2.05, 4.69) is 21.2 Å². The average Bonchev–Trinajstić information content (AvgIpc) is 2.77. The molecule has 2 rings (SSSR count). The van der Waals surface area contributed by atoms with Crippen LogP contribution in [0.4, 0.5) is 0 Å². The van der Waals surface area contributed by atoms with Crippen molar-refractivity contribution in [3.05, 3.63) is 23.5 Å². The second-order valence-electron chi connectivity index (χ2n) is 4.13. The van der Waals surface area contributed by atoms with Crippen molar-refractivity contribution in [2.24, 2.45) is 0 Å². The fourth-order valence-corrected chi connectivity index (χ4v) is 1.87. The zero-order valence-corrected chi connectivity index (χ0v) is 9.98. The fraction of sp³-hybridized carbons (Fsp3) is 0.500. The van der Waals surface area contributed by atoms with Crippen LogP contribution in [0, 0.1) is 0 Å². The molecule has 0 radical (unpaired) electrons. The average molecular weight is 235 g/mol. The number of esters is 1. The molecule has 1 fully saturated rings. The summed E-state index contributed by atoms with van der Waals surface area (Å²) in [6, 6.07) is 0. The van der Waals surface area contributed by atoms with E-state index in [-0.39, 0.29) is 12.5 Å². The Morgan fingerprint density at radius 1 is 1.71 bits per heavy atom. The Balaban J connectivity index is 2.00. The predicted molar refractivity (Wildman–Crippen MR) is 64.3 cm³/mol. The molecular formula is C12H17N3O2. The third-order valence-corrected chi connectivity index (χ3v) is 2.75. The summed E-state index contributed by atoms with van der Waals surface area (Å²) in [5, 5.41) is 7.45. The number of rotatable bonds is 3. The second-order valence-corrected chi connectivity index (χ2v) is 4.13. The molecule has 0 aromatic carbocycles. The van der Waals surface area contributed by atoms with Crippen LogP contribution in [-0.4, -0.2) is 35.9 Å². The van der Waals surface area contributed by atoms with Crippen LogP contribution in [-0.2, 0) is 16.1 Å². The third kappa shape index (κ3) is 3.42. The molecule has 0 unspecified atom stereocenters. The molecule has 0 aliphatic carbocycles. The van der Waals surface area contributed by atoms with Crippen molar-refractivity contribution in [1.29, 1.82) is 0 Å². The summed E-state index contributed by atoms with van der Waals surface area (Å²) < 4.78 is 6.18. The predicted octanol–water partition coefficient (Wildman–Crippen LogP) is 0.823. The Morgan fingerprint density at radius 2 is 2.59 bits per heavy atom. The maximum atomic E-state index is 11.1. The van der Waals surface area contributed by atoms with Gasteiger partial charge < -0.3 is 10.1 Å². The quantitative estimate of drug-likeness (QED) is 0.788. The maximum Gasteiger partial charge on any atom is 0.327 e. The Hall–Kier alpha value is -1.62. The van der Waals surface area contributed by atoms with Gasteiger partial charge in [-0.15, -0.1) is 0 Å². The van der Waals surface area contributed by atoms with E-state index in [0.29, 0.717) is 0 Å². The molecule has 1 aromatic heterocycles. The van der Waals surface area contributed by atoms with Gasteiger partial charge in [0.05, 0.1) is 13.3 Å². The Bertz CT molecular complexity index is 415.